The first-order valence-corrected chi connectivity index (χ1v) is 5.73. The maximum atomic E-state index is 6.26. The molecule has 0 amide bonds. The summed E-state index contributed by atoms with van der Waals surface area (Å²) in [5.41, 5.74) is 7.66. The summed E-state index contributed by atoms with van der Waals surface area (Å²) in [5, 5.41) is 0.647. The Hall–Kier alpha value is -0.930. The lowest BCUT2D eigenvalue weighted by molar-refractivity contribution is 0.173. The quantitative estimate of drug-likeness (QED) is 0.866. The van der Waals surface area contributed by atoms with Crippen molar-refractivity contribution < 1.29 is 9.47 Å². The zero-order chi connectivity index (χ0) is 11.9. The van der Waals surface area contributed by atoms with Crippen LogP contribution in [0, 0.1) is 0 Å². The number of fused-ring (bicyclic) bond motifs is 1. The fourth-order valence-electron chi connectivity index (χ4n) is 2.11. The smallest absolute Gasteiger partial charge is 0.231 e. The van der Waals surface area contributed by atoms with Crippen molar-refractivity contribution in [3.05, 3.63) is 22.2 Å². The van der Waals surface area contributed by atoms with Crippen LogP contribution in [0.3, 0.4) is 0 Å². The molecule has 1 aliphatic rings. The van der Waals surface area contributed by atoms with Crippen molar-refractivity contribution in [3.8, 4) is 11.5 Å². The highest BCUT2D eigenvalue weighted by atomic mass is 35.5. The summed E-state index contributed by atoms with van der Waals surface area (Å²) in [5.74, 6) is 1.51. The topological polar surface area (TPSA) is 44.5 Å². The number of hydrogen-bond donors (Lipinski definition) is 1. The summed E-state index contributed by atoms with van der Waals surface area (Å²) in [6.45, 7) is 6.20. The Morgan fingerprint density at radius 3 is 2.69 bits per heavy atom. The number of ether oxygens (including phenoxy) is 2. The summed E-state index contributed by atoms with van der Waals surface area (Å²) in [6, 6.07) is 1.78. The van der Waals surface area contributed by atoms with E-state index in [1.54, 1.807) is 6.07 Å². The highest BCUT2D eigenvalue weighted by molar-refractivity contribution is 6.31. The molecule has 0 bridgehead atoms. The largest absolute Gasteiger partial charge is 0.454 e. The van der Waals surface area contributed by atoms with Gasteiger partial charge in [0.05, 0.1) is 0 Å². The number of hydrogen-bond acceptors (Lipinski definition) is 3. The molecule has 4 heteroatoms. The van der Waals surface area contributed by atoms with Crippen LogP contribution in [0.25, 0.3) is 0 Å². The molecular weight excluding hydrogens is 226 g/mol. The van der Waals surface area contributed by atoms with Gasteiger partial charge in [-0.3, -0.25) is 0 Å². The minimum atomic E-state index is -0.483. The normalized spacial score (nSPS) is 14.3. The summed E-state index contributed by atoms with van der Waals surface area (Å²) in [7, 11) is 0. The van der Waals surface area contributed by atoms with Crippen molar-refractivity contribution in [3.63, 3.8) is 0 Å². The second-order valence-corrected chi connectivity index (χ2v) is 4.93. The third-order valence-electron chi connectivity index (χ3n) is 2.71. The van der Waals surface area contributed by atoms with Crippen molar-refractivity contribution in [2.24, 2.45) is 5.73 Å². The Morgan fingerprint density at radius 2 is 2.12 bits per heavy atom. The molecule has 0 unspecified atom stereocenters. The Balaban J connectivity index is 2.69. The van der Waals surface area contributed by atoms with Crippen LogP contribution in [0.4, 0.5) is 0 Å². The lowest BCUT2D eigenvalue weighted by atomic mass is 9.89. The van der Waals surface area contributed by atoms with E-state index in [0.717, 1.165) is 29.0 Å². The van der Waals surface area contributed by atoms with E-state index >= 15 is 0 Å². The van der Waals surface area contributed by atoms with Gasteiger partial charge in [-0.25, -0.2) is 0 Å². The summed E-state index contributed by atoms with van der Waals surface area (Å²) >= 11 is 6.26. The maximum absolute atomic E-state index is 6.26. The minimum absolute atomic E-state index is 0.257. The molecule has 1 aliphatic heterocycles. The second-order valence-electron chi connectivity index (χ2n) is 4.52. The molecular formula is C12H16ClNO2. The van der Waals surface area contributed by atoms with Gasteiger partial charge in [-0.15, -0.1) is 0 Å². The molecule has 3 nitrogen and oxygen atoms in total. The molecule has 0 saturated carbocycles. The van der Waals surface area contributed by atoms with E-state index in [9.17, 15) is 0 Å². The lowest BCUT2D eigenvalue weighted by Gasteiger charge is -2.25. The third kappa shape index (κ3) is 1.74. The monoisotopic (exact) mass is 241 g/mol. The summed E-state index contributed by atoms with van der Waals surface area (Å²) in [4.78, 5) is 0. The molecule has 88 valence electrons. The number of nitrogens with two attached hydrogens (primary N) is 1. The van der Waals surface area contributed by atoms with E-state index in [4.69, 9.17) is 26.8 Å². The average Bonchev–Trinajstić information content (AvgIpc) is 2.60. The molecule has 0 saturated heterocycles. The van der Waals surface area contributed by atoms with E-state index in [1.807, 2.05) is 13.8 Å². The molecule has 2 rings (SSSR count). The fraction of sp³-hybridized carbons (Fsp3) is 0.500. The molecule has 0 spiro atoms. The molecule has 1 aromatic carbocycles. The predicted molar refractivity (Wildman–Crippen MR) is 64.2 cm³/mol. The van der Waals surface area contributed by atoms with Gasteiger partial charge in [0.15, 0.2) is 11.5 Å². The van der Waals surface area contributed by atoms with Crippen LogP contribution in [0.2, 0.25) is 5.02 Å². The van der Waals surface area contributed by atoms with Crippen molar-refractivity contribution in [2.75, 3.05) is 6.79 Å². The van der Waals surface area contributed by atoms with Gasteiger partial charge in [0.2, 0.25) is 6.79 Å². The predicted octanol–water partition coefficient (Wildman–Crippen LogP) is 2.82. The standard InChI is InChI=1S/C12H16ClNO2/c1-4-7-10(12(2,3)14)8(13)5-9-11(7)16-6-15-9/h5H,4,6,14H2,1-3H3. The zero-order valence-corrected chi connectivity index (χ0v) is 10.5. The first-order valence-electron chi connectivity index (χ1n) is 5.35. The van der Waals surface area contributed by atoms with Crippen molar-refractivity contribution >= 4 is 11.6 Å². The fourth-order valence-corrected chi connectivity index (χ4v) is 2.57. The molecule has 0 radical (unpaired) electrons. The Morgan fingerprint density at radius 1 is 1.44 bits per heavy atom. The van der Waals surface area contributed by atoms with Gasteiger partial charge in [-0.2, -0.15) is 0 Å². The van der Waals surface area contributed by atoms with Crippen LogP contribution in [-0.2, 0) is 12.0 Å². The van der Waals surface area contributed by atoms with Crippen LogP contribution in [0.1, 0.15) is 31.9 Å². The molecule has 0 aliphatic carbocycles. The van der Waals surface area contributed by atoms with Gasteiger partial charge in [0, 0.05) is 22.2 Å². The highest BCUT2D eigenvalue weighted by Crippen LogP contribution is 2.44. The number of halogens is 1. The lowest BCUT2D eigenvalue weighted by Crippen LogP contribution is -2.30. The molecule has 2 N–H and O–H groups in total. The zero-order valence-electron chi connectivity index (χ0n) is 9.76. The first-order chi connectivity index (χ1) is 7.45. The van der Waals surface area contributed by atoms with Crippen molar-refractivity contribution in [1.82, 2.24) is 0 Å². The number of rotatable bonds is 2. The molecule has 0 aromatic heterocycles. The highest BCUT2D eigenvalue weighted by Gasteiger charge is 2.28. The van der Waals surface area contributed by atoms with E-state index in [0.29, 0.717) is 5.02 Å². The summed E-state index contributed by atoms with van der Waals surface area (Å²) < 4.78 is 10.8. The maximum Gasteiger partial charge on any atom is 0.231 e. The van der Waals surface area contributed by atoms with Gasteiger partial charge in [0.1, 0.15) is 0 Å². The first kappa shape index (κ1) is 11.6. The molecule has 1 aromatic rings. The van der Waals surface area contributed by atoms with Gasteiger partial charge in [0.25, 0.3) is 0 Å². The van der Waals surface area contributed by atoms with Crippen LogP contribution >= 0.6 is 11.6 Å². The van der Waals surface area contributed by atoms with E-state index in [1.165, 1.54) is 0 Å². The Labute approximate surface area is 100 Å². The van der Waals surface area contributed by atoms with Gasteiger partial charge < -0.3 is 15.2 Å². The van der Waals surface area contributed by atoms with Gasteiger partial charge in [-0.05, 0) is 25.8 Å². The Bertz CT molecular complexity index is 424. The van der Waals surface area contributed by atoms with E-state index < -0.39 is 5.54 Å². The SMILES string of the molecule is CCc1c2c(cc(Cl)c1C(C)(C)N)OCO2. The number of benzene rings is 1. The molecule has 0 atom stereocenters. The average molecular weight is 242 g/mol. The Kier molecular flexibility index (Phi) is 2.76. The van der Waals surface area contributed by atoms with Crippen LogP contribution in [0.5, 0.6) is 11.5 Å². The van der Waals surface area contributed by atoms with E-state index in [-0.39, 0.29) is 6.79 Å². The second kappa shape index (κ2) is 3.82. The van der Waals surface area contributed by atoms with Crippen molar-refractivity contribution in [1.29, 1.82) is 0 Å². The minimum Gasteiger partial charge on any atom is -0.454 e. The molecule has 16 heavy (non-hydrogen) atoms. The van der Waals surface area contributed by atoms with Gasteiger partial charge in [-0.1, -0.05) is 18.5 Å². The summed E-state index contributed by atoms with van der Waals surface area (Å²) in [6.07, 6.45) is 0.822. The van der Waals surface area contributed by atoms with Crippen molar-refractivity contribution in [2.45, 2.75) is 32.7 Å². The third-order valence-corrected chi connectivity index (χ3v) is 3.01. The molecule has 0 fully saturated rings. The van der Waals surface area contributed by atoms with Crippen LogP contribution in [-0.4, -0.2) is 6.79 Å². The van der Waals surface area contributed by atoms with Gasteiger partial charge >= 0.3 is 0 Å². The van der Waals surface area contributed by atoms with E-state index in [2.05, 4.69) is 6.92 Å². The molecule has 1 heterocycles. The van der Waals surface area contributed by atoms with Crippen LogP contribution < -0.4 is 15.2 Å². The van der Waals surface area contributed by atoms with Crippen LogP contribution in [0.15, 0.2) is 6.07 Å².